The minimum Gasteiger partial charge on any atom is -0.494 e. The Morgan fingerprint density at radius 2 is 1.89 bits per heavy atom. The molecule has 0 amide bonds. The van der Waals surface area contributed by atoms with Crippen molar-refractivity contribution in [2.75, 3.05) is 20.8 Å². The van der Waals surface area contributed by atoms with Gasteiger partial charge in [-0.05, 0) is 111 Å². The molecule has 4 fully saturated rings. The summed E-state index contributed by atoms with van der Waals surface area (Å²) in [5.74, 6) is 3.45. The molecule has 4 saturated carbocycles. The standard InChI is InChI=1S/C30H43N3O4/c1-28(35)14-15-30(18-36-3)19(16-28)8-9-20-21-10-11-23(29(21,2)13-12-22(20)30)25(34)17-33-31-24-6-5-7-26(37-4)27(24)32-33/h5-7,19-23,35H,8-18H2,1-4H3/t19-,20-,21-,22-,23+,28+,29-,30+/m0/s1. The fourth-order valence-corrected chi connectivity index (χ4v) is 9.75. The Bertz CT molecular complexity index is 1180. The first kappa shape index (κ1) is 25.3. The molecule has 7 nitrogen and oxygen atoms in total. The highest BCUT2D eigenvalue weighted by atomic mass is 16.5. The van der Waals surface area contributed by atoms with Crippen molar-refractivity contribution in [3.63, 3.8) is 0 Å². The molecule has 1 aromatic heterocycles. The number of aromatic nitrogens is 3. The first-order valence-corrected chi connectivity index (χ1v) is 14.3. The molecule has 0 spiro atoms. The summed E-state index contributed by atoms with van der Waals surface area (Å²) in [6.45, 7) is 5.46. The first-order chi connectivity index (χ1) is 17.7. The van der Waals surface area contributed by atoms with Crippen molar-refractivity contribution in [3.05, 3.63) is 18.2 Å². The molecule has 0 aliphatic heterocycles. The number of rotatable bonds is 6. The number of benzene rings is 1. The molecule has 6 rings (SSSR count). The Morgan fingerprint density at radius 1 is 1.05 bits per heavy atom. The molecule has 0 radical (unpaired) electrons. The van der Waals surface area contributed by atoms with Gasteiger partial charge >= 0.3 is 0 Å². The smallest absolute Gasteiger partial charge is 0.159 e. The third-order valence-corrected chi connectivity index (χ3v) is 11.4. The average Bonchev–Trinajstić information content (AvgIpc) is 3.44. The van der Waals surface area contributed by atoms with Gasteiger partial charge in [0.2, 0.25) is 0 Å². The monoisotopic (exact) mass is 509 g/mol. The van der Waals surface area contributed by atoms with Crippen molar-refractivity contribution in [2.24, 2.45) is 40.4 Å². The number of methoxy groups -OCH3 is 2. The van der Waals surface area contributed by atoms with E-state index in [4.69, 9.17) is 9.47 Å². The third kappa shape index (κ3) is 3.94. The van der Waals surface area contributed by atoms with Crippen LogP contribution >= 0.6 is 0 Å². The van der Waals surface area contributed by atoms with Crippen LogP contribution in [0.1, 0.15) is 71.6 Å². The van der Waals surface area contributed by atoms with Crippen molar-refractivity contribution in [2.45, 2.75) is 83.8 Å². The lowest BCUT2D eigenvalue weighted by molar-refractivity contribution is -0.175. The minimum absolute atomic E-state index is 0.0454. The molecule has 4 aliphatic rings. The SMILES string of the molecule is COC[C@]12CC[C@@](C)(O)C[C@@H]1CC[C@H]1[C@@H]3CC[C@H](C(=O)Cn4nc5cccc(OC)c5n4)[C@@]3(C)CC[C@@H]12. The topological polar surface area (TPSA) is 86.5 Å². The Hall–Kier alpha value is -1.99. The van der Waals surface area contributed by atoms with E-state index in [9.17, 15) is 9.90 Å². The predicted octanol–water partition coefficient (Wildman–Crippen LogP) is 5.05. The number of carbonyl (C=O) groups excluding carboxylic acids is 1. The van der Waals surface area contributed by atoms with E-state index < -0.39 is 5.60 Å². The number of ketones is 1. The van der Waals surface area contributed by atoms with Gasteiger partial charge in [0.1, 0.15) is 17.8 Å². The maximum absolute atomic E-state index is 13.8. The Morgan fingerprint density at radius 3 is 2.68 bits per heavy atom. The molecule has 7 heteroatoms. The van der Waals surface area contributed by atoms with E-state index >= 15 is 0 Å². The van der Waals surface area contributed by atoms with E-state index in [1.54, 1.807) is 11.9 Å². The molecule has 1 N–H and O–H groups in total. The van der Waals surface area contributed by atoms with Crippen molar-refractivity contribution in [1.82, 2.24) is 15.0 Å². The molecule has 8 atom stereocenters. The summed E-state index contributed by atoms with van der Waals surface area (Å²) in [5.41, 5.74) is 1.15. The van der Waals surface area contributed by atoms with Crippen LogP contribution in [0.4, 0.5) is 0 Å². The van der Waals surface area contributed by atoms with Gasteiger partial charge < -0.3 is 14.6 Å². The summed E-state index contributed by atoms with van der Waals surface area (Å²) >= 11 is 0. The molecule has 0 saturated heterocycles. The van der Waals surface area contributed by atoms with Gasteiger partial charge in [-0.25, -0.2) is 0 Å². The van der Waals surface area contributed by atoms with Crippen LogP contribution in [0.2, 0.25) is 0 Å². The van der Waals surface area contributed by atoms with Crippen LogP contribution in [0, 0.1) is 40.4 Å². The van der Waals surface area contributed by atoms with Crippen molar-refractivity contribution >= 4 is 16.8 Å². The fraction of sp³-hybridized carbons (Fsp3) is 0.767. The highest BCUT2D eigenvalue weighted by Gasteiger charge is 2.63. The molecule has 1 aromatic carbocycles. The predicted molar refractivity (Wildman–Crippen MR) is 141 cm³/mol. The highest BCUT2D eigenvalue weighted by Crippen LogP contribution is 2.68. The lowest BCUT2D eigenvalue weighted by Gasteiger charge is -2.62. The van der Waals surface area contributed by atoms with Crippen molar-refractivity contribution in [3.8, 4) is 5.75 Å². The summed E-state index contributed by atoms with van der Waals surface area (Å²) in [7, 11) is 3.48. The van der Waals surface area contributed by atoms with Gasteiger partial charge in [-0.1, -0.05) is 13.0 Å². The molecule has 1 heterocycles. The minimum atomic E-state index is -0.543. The molecular formula is C30H43N3O4. The Kier molecular flexibility index (Phi) is 6.18. The summed E-state index contributed by atoms with van der Waals surface area (Å²) in [4.78, 5) is 15.3. The van der Waals surface area contributed by atoms with Gasteiger partial charge in [-0.2, -0.15) is 9.90 Å². The number of hydrogen-bond donors (Lipinski definition) is 1. The van der Waals surface area contributed by atoms with Crippen LogP contribution in [-0.2, 0) is 16.1 Å². The zero-order chi connectivity index (χ0) is 26.0. The maximum Gasteiger partial charge on any atom is 0.159 e. The summed E-state index contributed by atoms with van der Waals surface area (Å²) < 4.78 is 11.3. The number of Topliss-reactive ketones (excluding diaryl/α,β-unsaturated/α-hetero) is 1. The molecule has 2 aromatic rings. The largest absolute Gasteiger partial charge is 0.494 e. The Labute approximate surface area is 220 Å². The molecular weight excluding hydrogens is 466 g/mol. The third-order valence-electron chi connectivity index (χ3n) is 11.4. The first-order valence-electron chi connectivity index (χ1n) is 14.3. The van der Waals surface area contributed by atoms with Gasteiger partial charge in [0, 0.05) is 13.0 Å². The Balaban J connectivity index is 1.22. The van der Waals surface area contributed by atoms with E-state index in [0.717, 1.165) is 50.6 Å². The van der Waals surface area contributed by atoms with Crippen LogP contribution in [0.15, 0.2) is 18.2 Å². The van der Waals surface area contributed by atoms with Crippen LogP contribution in [0.3, 0.4) is 0 Å². The summed E-state index contributed by atoms with van der Waals surface area (Å²) in [6.07, 6.45) is 9.63. The normalized spacial score (nSPS) is 41.2. The molecule has 0 bridgehead atoms. The highest BCUT2D eigenvalue weighted by molar-refractivity contribution is 5.83. The second-order valence-corrected chi connectivity index (χ2v) is 13.2. The van der Waals surface area contributed by atoms with E-state index in [0.29, 0.717) is 34.9 Å². The van der Waals surface area contributed by atoms with E-state index in [2.05, 4.69) is 17.1 Å². The van der Waals surface area contributed by atoms with Crippen LogP contribution < -0.4 is 4.74 Å². The fourth-order valence-electron chi connectivity index (χ4n) is 9.75. The van der Waals surface area contributed by atoms with Gasteiger partial charge in [-0.3, -0.25) is 4.79 Å². The number of hydrogen-bond acceptors (Lipinski definition) is 6. The second-order valence-electron chi connectivity index (χ2n) is 13.2. The van der Waals surface area contributed by atoms with Crippen LogP contribution in [0.5, 0.6) is 5.75 Å². The van der Waals surface area contributed by atoms with Gasteiger partial charge in [0.25, 0.3) is 0 Å². The summed E-state index contributed by atoms with van der Waals surface area (Å²) in [6, 6.07) is 5.70. The van der Waals surface area contributed by atoms with E-state index in [1.807, 2.05) is 32.2 Å². The van der Waals surface area contributed by atoms with Crippen molar-refractivity contribution in [1.29, 1.82) is 0 Å². The molecule has 4 aliphatic carbocycles. The van der Waals surface area contributed by atoms with Crippen LogP contribution in [-0.4, -0.2) is 52.3 Å². The number of aliphatic hydroxyl groups is 1. The van der Waals surface area contributed by atoms with Gasteiger partial charge in [-0.15, -0.1) is 5.10 Å². The molecule has 37 heavy (non-hydrogen) atoms. The molecule has 202 valence electrons. The maximum atomic E-state index is 13.8. The van der Waals surface area contributed by atoms with Gasteiger partial charge in [0.05, 0.1) is 19.3 Å². The number of ether oxygens (including phenoxy) is 2. The summed E-state index contributed by atoms with van der Waals surface area (Å²) in [5, 5.41) is 20.1. The zero-order valence-corrected chi connectivity index (χ0v) is 22.9. The lowest BCUT2D eigenvalue weighted by atomic mass is 9.43. The molecule has 0 unspecified atom stereocenters. The second kappa shape index (κ2) is 9.04. The number of fused-ring (bicyclic) bond motifs is 6. The van der Waals surface area contributed by atoms with Gasteiger partial charge in [0.15, 0.2) is 11.3 Å². The van der Waals surface area contributed by atoms with Crippen LogP contribution in [0.25, 0.3) is 11.0 Å². The van der Waals surface area contributed by atoms with E-state index in [-0.39, 0.29) is 29.1 Å². The number of nitrogens with zero attached hydrogens (tertiary/aromatic N) is 3. The van der Waals surface area contributed by atoms with E-state index in [1.165, 1.54) is 19.3 Å². The zero-order valence-electron chi connectivity index (χ0n) is 22.9. The quantitative estimate of drug-likeness (QED) is 0.587. The average molecular weight is 510 g/mol. The van der Waals surface area contributed by atoms with Crippen molar-refractivity contribution < 1.29 is 19.4 Å². The lowest BCUT2D eigenvalue weighted by Crippen LogP contribution is -2.58. The number of carbonyl (C=O) groups is 1.